The molecule has 0 bridgehead atoms. The van der Waals surface area contributed by atoms with Crippen molar-refractivity contribution in [3.63, 3.8) is 0 Å². The van der Waals surface area contributed by atoms with Crippen molar-refractivity contribution in [1.82, 2.24) is 4.90 Å². The summed E-state index contributed by atoms with van der Waals surface area (Å²) in [5.74, 6) is -0.377. The van der Waals surface area contributed by atoms with E-state index < -0.39 is 12.6 Å². The van der Waals surface area contributed by atoms with Crippen molar-refractivity contribution in [1.29, 1.82) is 0 Å². The predicted octanol–water partition coefficient (Wildman–Crippen LogP) is 1.51. The van der Waals surface area contributed by atoms with E-state index in [1.54, 1.807) is 11.9 Å². The minimum atomic E-state index is -1.05. The molecule has 0 spiro atoms. The van der Waals surface area contributed by atoms with Gasteiger partial charge >= 0.3 is 5.97 Å². The van der Waals surface area contributed by atoms with Crippen LogP contribution in [-0.4, -0.2) is 48.2 Å². The normalized spacial score (nSPS) is 23.7. The number of likely N-dealkylation sites (N-methyl/N-ethyl adjacent to an activating group) is 1. The molecule has 1 aliphatic carbocycles. The third kappa shape index (κ3) is 4.64. The van der Waals surface area contributed by atoms with Crippen LogP contribution in [-0.2, 0) is 14.3 Å². The van der Waals surface area contributed by atoms with Gasteiger partial charge in [-0.15, -0.1) is 0 Å². The van der Waals surface area contributed by atoms with Gasteiger partial charge in [0.25, 0.3) is 0 Å². The Kier molecular flexibility index (Phi) is 6.12. The summed E-state index contributed by atoms with van der Waals surface area (Å²) in [6.07, 6.45) is 5.65. The third-order valence-electron chi connectivity index (χ3n) is 3.79. The lowest BCUT2D eigenvalue weighted by Gasteiger charge is -2.34. The molecule has 1 saturated carbocycles. The Bertz CT molecular complexity index is 285. The van der Waals surface area contributed by atoms with Crippen LogP contribution in [0.2, 0.25) is 0 Å². The summed E-state index contributed by atoms with van der Waals surface area (Å²) in [7, 11) is 1.78. The molecular weight excluding hydrogens is 234 g/mol. The minimum absolute atomic E-state index is 0.129. The van der Waals surface area contributed by atoms with E-state index in [1.165, 1.54) is 19.3 Å². The highest BCUT2D eigenvalue weighted by Gasteiger charge is 2.25. The monoisotopic (exact) mass is 257 g/mol. The van der Waals surface area contributed by atoms with E-state index in [0.29, 0.717) is 0 Å². The summed E-state index contributed by atoms with van der Waals surface area (Å²) in [5, 5.41) is 8.42. The van der Waals surface area contributed by atoms with Crippen LogP contribution in [0.3, 0.4) is 0 Å². The minimum Gasteiger partial charge on any atom is -0.480 e. The van der Waals surface area contributed by atoms with Gasteiger partial charge in [-0.1, -0.05) is 13.3 Å². The molecule has 5 nitrogen and oxygen atoms in total. The molecule has 1 fully saturated rings. The van der Waals surface area contributed by atoms with Crippen LogP contribution >= 0.6 is 0 Å². The number of carbonyl (C=O) groups is 2. The Morgan fingerprint density at radius 2 is 1.83 bits per heavy atom. The quantitative estimate of drug-likeness (QED) is 0.783. The zero-order valence-corrected chi connectivity index (χ0v) is 11.2. The summed E-state index contributed by atoms with van der Waals surface area (Å²) in [6, 6.07) is 0.286. The van der Waals surface area contributed by atoms with Crippen LogP contribution in [0.1, 0.15) is 39.0 Å². The van der Waals surface area contributed by atoms with Gasteiger partial charge in [-0.3, -0.25) is 4.79 Å². The van der Waals surface area contributed by atoms with Crippen molar-refractivity contribution in [2.75, 3.05) is 20.3 Å². The summed E-state index contributed by atoms with van der Waals surface area (Å²) < 4.78 is 4.82. The second-order valence-corrected chi connectivity index (χ2v) is 4.97. The predicted molar refractivity (Wildman–Crippen MR) is 67.3 cm³/mol. The molecule has 1 rings (SSSR count). The molecule has 5 heteroatoms. The number of carboxylic acid groups (broad SMARTS) is 1. The molecule has 0 heterocycles. The van der Waals surface area contributed by atoms with E-state index in [0.717, 1.165) is 18.8 Å². The van der Waals surface area contributed by atoms with E-state index in [2.05, 4.69) is 6.92 Å². The zero-order chi connectivity index (χ0) is 13.5. The van der Waals surface area contributed by atoms with Crippen LogP contribution < -0.4 is 0 Å². The lowest BCUT2D eigenvalue weighted by Crippen LogP contribution is -2.41. The Morgan fingerprint density at radius 3 is 2.33 bits per heavy atom. The third-order valence-corrected chi connectivity index (χ3v) is 3.79. The van der Waals surface area contributed by atoms with E-state index in [1.807, 2.05) is 0 Å². The average Bonchev–Trinajstić information content (AvgIpc) is 2.37. The summed E-state index contributed by atoms with van der Waals surface area (Å²) in [4.78, 5) is 23.8. The standard InChI is InChI=1S/C13H23NO4/c1-3-10-4-6-11(7-5-10)14(2)12(15)8-18-9-13(16)17/h10-11H,3-9H2,1-2H3,(H,16,17). The highest BCUT2D eigenvalue weighted by molar-refractivity contribution is 5.78. The van der Waals surface area contributed by atoms with E-state index in [4.69, 9.17) is 9.84 Å². The van der Waals surface area contributed by atoms with Crippen molar-refractivity contribution in [2.45, 2.75) is 45.1 Å². The number of aliphatic carboxylic acids is 1. The van der Waals surface area contributed by atoms with Crippen molar-refractivity contribution in [2.24, 2.45) is 5.92 Å². The maximum Gasteiger partial charge on any atom is 0.329 e. The lowest BCUT2D eigenvalue weighted by molar-refractivity contribution is -0.146. The van der Waals surface area contributed by atoms with Gasteiger partial charge in [0.2, 0.25) is 5.91 Å². The number of nitrogens with zero attached hydrogens (tertiary/aromatic N) is 1. The van der Waals surface area contributed by atoms with Gasteiger partial charge in [-0.2, -0.15) is 0 Å². The molecule has 0 aromatic heterocycles. The van der Waals surface area contributed by atoms with Gasteiger partial charge in [-0.05, 0) is 31.6 Å². The molecule has 1 N–H and O–H groups in total. The fourth-order valence-corrected chi connectivity index (χ4v) is 2.47. The summed E-state index contributed by atoms with van der Waals surface area (Å²) in [6.45, 7) is 1.65. The van der Waals surface area contributed by atoms with E-state index >= 15 is 0 Å². The van der Waals surface area contributed by atoms with Gasteiger partial charge in [0.1, 0.15) is 13.2 Å². The fourth-order valence-electron chi connectivity index (χ4n) is 2.47. The van der Waals surface area contributed by atoms with Gasteiger partial charge < -0.3 is 14.7 Å². The zero-order valence-electron chi connectivity index (χ0n) is 11.2. The van der Waals surface area contributed by atoms with Crippen LogP contribution in [0.25, 0.3) is 0 Å². The molecule has 0 saturated heterocycles. The smallest absolute Gasteiger partial charge is 0.329 e. The molecule has 0 aliphatic heterocycles. The number of carboxylic acids is 1. The van der Waals surface area contributed by atoms with Crippen LogP contribution in [0, 0.1) is 5.92 Å². The largest absolute Gasteiger partial charge is 0.480 e. The number of amides is 1. The highest BCUT2D eigenvalue weighted by atomic mass is 16.5. The molecule has 0 radical (unpaired) electrons. The molecule has 0 atom stereocenters. The lowest BCUT2D eigenvalue weighted by atomic mass is 9.84. The van der Waals surface area contributed by atoms with Crippen LogP contribution in [0.15, 0.2) is 0 Å². The molecular formula is C13H23NO4. The summed E-state index contributed by atoms with van der Waals surface area (Å²) in [5.41, 5.74) is 0. The first-order valence-electron chi connectivity index (χ1n) is 6.59. The van der Waals surface area contributed by atoms with Gasteiger partial charge in [0, 0.05) is 13.1 Å². The Labute approximate surface area is 108 Å². The Hall–Kier alpha value is -1.10. The second kappa shape index (κ2) is 7.36. The maximum absolute atomic E-state index is 11.8. The number of hydrogen-bond acceptors (Lipinski definition) is 3. The first-order chi connectivity index (χ1) is 8.54. The fraction of sp³-hybridized carbons (Fsp3) is 0.846. The van der Waals surface area contributed by atoms with Gasteiger partial charge in [0.15, 0.2) is 0 Å². The van der Waals surface area contributed by atoms with Crippen LogP contribution in [0.5, 0.6) is 0 Å². The Morgan fingerprint density at radius 1 is 1.22 bits per heavy atom. The number of carbonyl (C=O) groups excluding carboxylic acids is 1. The SMILES string of the molecule is CCC1CCC(N(C)C(=O)COCC(=O)O)CC1. The van der Waals surface area contributed by atoms with Crippen LogP contribution in [0.4, 0.5) is 0 Å². The molecule has 1 aliphatic rings. The van der Waals surface area contributed by atoms with Crippen molar-refractivity contribution in [3.8, 4) is 0 Å². The highest BCUT2D eigenvalue weighted by Crippen LogP contribution is 2.28. The summed E-state index contributed by atoms with van der Waals surface area (Å²) >= 11 is 0. The molecule has 104 valence electrons. The molecule has 0 aromatic rings. The maximum atomic E-state index is 11.8. The first kappa shape index (κ1) is 15.0. The van der Waals surface area contributed by atoms with Crippen molar-refractivity contribution >= 4 is 11.9 Å². The van der Waals surface area contributed by atoms with Gasteiger partial charge in [0.05, 0.1) is 0 Å². The van der Waals surface area contributed by atoms with Crippen molar-refractivity contribution < 1.29 is 19.4 Å². The first-order valence-corrected chi connectivity index (χ1v) is 6.59. The van der Waals surface area contributed by atoms with Gasteiger partial charge in [-0.25, -0.2) is 4.79 Å². The topological polar surface area (TPSA) is 66.8 Å². The second-order valence-electron chi connectivity index (χ2n) is 4.97. The molecule has 0 unspecified atom stereocenters. The van der Waals surface area contributed by atoms with E-state index in [-0.39, 0.29) is 18.6 Å². The number of rotatable bonds is 6. The average molecular weight is 257 g/mol. The molecule has 1 amide bonds. The van der Waals surface area contributed by atoms with Crippen molar-refractivity contribution in [3.05, 3.63) is 0 Å². The molecule has 0 aromatic carbocycles. The Balaban J connectivity index is 2.28. The number of ether oxygens (including phenoxy) is 1. The van der Waals surface area contributed by atoms with E-state index in [9.17, 15) is 9.59 Å². The molecule has 18 heavy (non-hydrogen) atoms. The number of hydrogen-bond donors (Lipinski definition) is 1.